The standard InChI is InChI=1S/C66H120NO8P/c1-6-8-10-12-14-16-18-20-22-24-26-28-29-30-31-32-33-34-35-36-37-39-41-43-45-47-49-51-53-55-57-59-66(69)75-64(63-74-76(70,71)73-61-60-67(3,4)5)62-72-65(68)58-56-54-52-50-48-46-44-42-40-38-27-25-23-21-19-17-15-13-11-9-7-2/h8,10,14,16,20,22,25-28,30-31,64H,6-7,9,11-13,15,17-19,21,23-24,29,32-63H2,1-5H3/b10-8-,16-14-,22-20-,27-25-,28-26-,31-30-. The highest BCUT2D eigenvalue weighted by Gasteiger charge is 2.22. The Kier molecular flexibility index (Phi) is 55.2. The molecule has 0 radical (unpaired) electrons. The van der Waals surface area contributed by atoms with E-state index in [1.165, 1.54) is 180 Å². The van der Waals surface area contributed by atoms with E-state index in [1.807, 2.05) is 21.1 Å². The highest BCUT2D eigenvalue weighted by atomic mass is 31.2. The van der Waals surface area contributed by atoms with Gasteiger partial charge in [0.1, 0.15) is 19.8 Å². The first-order chi connectivity index (χ1) is 37.0. The Balaban J connectivity index is 4.09. The van der Waals surface area contributed by atoms with Crippen LogP contribution < -0.4 is 4.89 Å². The zero-order valence-electron chi connectivity index (χ0n) is 50.2. The van der Waals surface area contributed by atoms with Crippen molar-refractivity contribution in [1.29, 1.82) is 0 Å². The molecule has 2 atom stereocenters. The number of phosphoric acid groups is 1. The largest absolute Gasteiger partial charge is 0.756 e. The van der Waals surface area contributed by atoms with Gasteiger partial charge in [-0.1, -0.05) is 260 Å². The van der Waals surface area contributed by atoms with Crippen LogP contribution in [0.15, 0.2) is 72.9 Å². The predicted molar refractivity (Wildman–Crippen MR) is 323 cm³/mol. The maximum absolute atomic E-state index is 12.8. The number of likely N-dealkylation sites (N-methyl/N-ethyl adjacent to an activating group) is 1. The quantitative estimate of drug-likeness (QED) is 0.0195. The number of quaternary nitrogens is 1. The lowest BCUT2D eigenvalue weighted by Crippen LogP contribution is -2.37. The van der Waals surface area contributed by atoms with Crippen LogP contribution in [0.1, 0.15) is 284 Å². The Hall–Kier alpha value is -2.55. The average molecular weight is 1090 g/mol. The van der Waals surface area contributed by atoms with E-state index in [2.05, 4.69) is 86.8 Å². The van der Waals surface area contributed by atoms with Crippen molar-refractivity contribution >= 4 is 19.8 Å². The van der Waals surface area contributed by atoms with Gasteiger partial charge < -0.3 is 27.9 Å². The van der Waals surface area contributed by atoms with Gasteiger partial charge in [0.2, 0.25) is 0 Å². The minimum absolute atomic E-state index is 0.0320. The lowest BCUT2D eigenvalue weighted by atomic mass is 10.0. The van der Waals surface area contributed by atoms with Crippen molar-refractivity contribution in [3.8, 4) is 0 Å². The first-order valence-electron chi connectivity index (χ1n) is 31.6. The molecule has 0 saturated carbocycles. The van der Waals surface area contributed by atoms with Crippen molar-refractivity contribution in [3.05, 3.63) is 72.9 Å². The highest BCUT2D eigenvalue weighted by Crippen LogP contribution is 2.38. The number of nitrogens with zero attached hydrogens (tertiary/aromatic N) is 1. The van der Waals surface area contributed by atoms with E-state index in [0.717, 1.165) is 70.6 Å². The average Bonchev–Trinajstić information content (AvgIpc) is 3.38. The fourth-order valence-electron chi connectivity index (χ4n) is 8.86. The van der Waals surface area contributed by atoms with E-state index in [0.29, 0.717) is 17.4 Å². The van der Waals surface area contributed by atoms with Gasteiger partial charge in [0.25, 0.3) is 7.82 Å². The summed E-state index contributed by atoms with van der Waals surface area (Å²) in [7, 11) is 1.17. The Morgan fingerprint density at radius 3 is 1.13 bits per heavy atom. The van der Waals surface area contributed by atoms with Gasteiger partial charge >= 0.3 is 11.9 Å². The molecule has 442 valence electrons. The third kappa shape index (κ3) is 60.7. The SMILES string of the molecule is CC/C=C\C/C=C\C/C=C\C/C=C\C/C=C\CCCCCCCCCCCCCCCCCC(=O)OC(COC(=O)CCCCCCCCCCC/C=C\CCCCCCCCCC)COP(=O)([O-])OCC[N+](C)(C)C. The van der Waals surface area contributed by atoms with E-state index < -0.39 is 26.5 Å². The molecular weight excluding hydrogens is 966 g/mol. The van der Waals surface area contributed by atoms with Crippen LogP contribution in [0.5, 0.6) is 0 Å². The molecule has 0 aromatic carbocycles. The van der Waals surface area contributed by atoms with Gasteiger partial charge in [0, 0.05) is 12.8 Å². The molecule has 0 saturated heterocycles. The van der Waals surface area contributed by atoms with Crippen molar-refractivity contribution in [2.45, 2.75) is 290 Å². The summed E-state index contributed by atoms with van der Waals surface area (Å²) in [6, 6.07) is 0. The van der Waals surface area contributed by atoms with Gasteiger partial charge in [-0.2, -0.15) is 0 Å². The Morgan fingerprint density at radius 1 is 0.421 bits per heavy atom. The smallest absolute Gasteiger partial charge is 0.306 e. The second kappa shape index (κ2) is 57.1. The lowest BCUT2D eigenvalue weighted by molar-refractivity contribution is -0.870. The normalized spacial score (nSPS) is 13.7. The number of hydrogen-bond acceptors (Lipinski definition) is 8. The van der Waals surface area contributed by atoms with Gasteiger partial charge in [0.05, 0.1) is 27.7 Å². The topological polar surface area (TPSA) is 111 Å². The fraction of sp³-hybridized carbons (Fsp3) is 0.788. The molecule has 0 aliphatic carbocycles. The Bertz CT molecular complexity index is 1510. The fourth-order valence-corrected chi connectivity index (χ4v) is 9.58. The number of ether oxygens (including phenoxy) is 2. The zero-order chi connectivity index (χ0) is 55.6. The maximum atomic E-state index is 12.8. The van der Waals surface area contributed by atoms with Crippen molar-refractivity contribution in [2.24, 2.45) is 0 Å². The molecule has 10 heteroatoms. The van der Waals surface area contributed by atoms with Crippen molar-refractivity contribution < 1.29 is 42.1 Å². The first kappa shape index (κ1) is 73.5. The van der Waals surface area contributed by atoms with Crippen LogP contribution in [0.25, 0.3) is 0 Å². The number of esters is 2. The summed E-state index contributed by atoms with van der Waals surface area (Å²) < 4.78 is 34.2. The molecule has 0 bridgehead atoms. The summed E-state index contributed by atoms with van der Waals surface area (Å²) in [4.78, 5) is 38.0. The second-order valence-corrected chi connectivity index (χ2v) is 23.8. The minimum atomic E-state index is -4.64. The molecule has 0 aromatic heterocycles. The van der Waals surface area contributed by atoms with Gasteiger partial charge in [-0.05, 0) is 83.5 Å². The molecule has 0 aliphatic heterocycles. The minimum Gasteiger partial charge on any atom is -0.756 e. The van der Waals surface area contributed by atoms with Gasteiger partial charge in [-0.25, -0.2) is 0 Å². The summed E-state index contributed by atoms with van der Waals surface area (Å²) in [5.41, 5.74) is 0. The van der Waals surface area contributed by atoms with E-state index in [-0.39, 0.29) is 32.0 Å². The number of unbranched alkanes of at least 4 members (excludes halogenated alkanes) is 32. The lowest BCUT2D eigenvalue weighted by Gasteiger charge is -2.28. The van der Waals surface area contributed by atoms with E-state index in [9.17, 15) is 19.0 Å². The molecular formula is C66H120NO8P. The van der Waals surface area contributed by atoms with Crippen LogP contribution in [0.3, 0.4) is 0 Å². The Labute approximate surface area is 469 Å². The molecule has 0 N–H and O–H groups in total. The number of hydrogen-bond donors (Lipinski definition) is 0. The van der Waals surface area contributed by atoms with E-state index in [1.54, 1.807) is 0 Å². The molecule has 2 unspecified atom stereocenters. The van der Waals surface area contributed by atoms with Crippen LogP contribution in [0.2, 0.25) is 0 Å². The number of phosphoric ester groups is 1. The number of carbonyl (C=O) groups is 2. The molecule has 0 aliphatic rings. The third-order valence-electron chi connectivity index (χ3n) is 13.7. The van der Waals surface area contributed by atoms with Crippen LogP contribution in [0, 0.1) is 0 Å². The third-order valence-corrected chi connectivity index (χ3v) is 14.7. The summed E-state index contributed by atoms with van der Waals surface area (Å²) in [5.74, 6) is -0.828. The molecule has 0 heterocycles. The van der Waals surface area contributed by atoms with Crippen LogP contribution in [-0.2, 0) is 32.7 Å². The number of allylic oxidation sites excluding steroid dienone is 12. The van der Waals surface area contributed by atoms with Crippen LogP contribution >= 0.6 is 7.82 Å². The summed E-state index contributed by atoms with van der Waals surface area (Å²) in [6.45, 7) is 4.15. The van der Waals surface area contributed by atoms with Gasteiger partial charge in [0.15, 0.2) is 6.10 Å². The van der Waals surface area contributed by atoms with Crippen molar-refractivity contribution in [2.75, 3.05) is 47.5 Å². The number of carbonyl (C=O) groups excluding carboxylic acids is 2. The molecule has 0 fully saturated rings. The molecule has 0 rings (SSSR count). The molecule has 0 spiro atoms. The van der Waals surface area contributed by atoms with Crippen LogP contribution in [0.4, 0.5) is 0 Å². The number of rotatable bonds is 58. The summed E-state index contributed by atoms with van der Waals surface area (Å²) in [5, 5.41) is 0. The van der Waals surface area contributed by atoms with Crippen molar-refractivity contribution in [1.82, 2.24) is 0 Å². The van der Waals surface area contributed by atoms with Crippen LogP contribution in [-0.4, -0.2) is 70.0 Å². The summed E-state index contributed by atoms with van der Waals surface area (Å²) in [6.07, 6.45) is 75.3. The monoisotopic (exact) mass is 1090 g/mol. The Morgan fingerprint density at radius 2 is 0.750 bits per heavy atom. The summed E-state index contributed by atoms with van der Waals surface area (Å²) >= 11 is 0. The highest BCUT2D eigenvalue weighted by molar-refractivity contribution is 7.45. The van der Waals surface area contributed by atoms with E-state index in [4.69, 9.17) is 18.5 Å². The second-order valence-electron chi connectivity index (χ2n) is 22.4. The van der Waals surface area contributed by atoms with E-state index >= 15 is 0 Å². The zero-order valence-corrected chi connectivity index (χ0v) is 51.1. The maximum Gasteiger partial charge on any atom is 0.306 e. The molecule has 9 nitrogen and oxygen atoms in total. The molecule has 0 aromatic rings. The first-order valence-corrected chi connectivity index (χ1v) is 33.1. The van der Waals surface area contributed by atoms with Gasteiger partial charge in [-0.15, -0.1) is 0 Å². The van der Waals surface area contributed by atoms with Gasteiger partial charge in [-0.3, -0.25) is 14.2 Å². The van der Waals surface area contributed by atoms with Crippen molar-refractivity contribution in [3.63, 3.8) is 0 Å². The molecule has 0 amide bonds. The predicted octanol–water partition coefficient (Wildman–Crippen LogP) is 19.4. The molecule has 76 heavy (non-hydrogen) atoms.